The fourth-order valence-electron chi connectivity index (χ4n) is 2.23. The van der Waals surface area contributed by atoms with Gasteiger partial charge in [0.15, 0.2) is 0 Å². The zero-order chi connectivity index (χ0) is 15.5. The van der Waals surface area contributed by atoms with Crippen LogP contribution in [-0.2, 0) is 9.53 Å². The number of benzene rings is 1. The van der Waals surface area contributed by atoms with Crippen LogP contribution in [0.5, 0.6) is 0 Å². The van der Waals surface area contributed by atoms with E-state index in [-0.39, 0.29) is 17.4 Å². The van der Waals surface area contributed by atoms with Gasteiger partial charge in [-0.2, -0.15) is 0 Å². The standard InChI is InChI=1S/C16H22ClNO2S/c1-11(18-2)12-4-5-14(13(17)8-12)21-10-16(6-7-16)9-15(19)20-3/h4-5,8,11,18H,6-7,9-10H2,1-3H3. The minimum Gasteiger partial charge on any atom is -0.469 e. The van der Waals surface area contributed by atoms with Crippen molar-refractivity contribution < 1.29 is 9.53 Å². The first kappa shape index (κ1) is 16.7. The van der Waals surface area contributed by atoms with Crippen molar-refractivity contribution >= 4 is 29.3 Å². The first-order chi connectivity index (χ1) is 9.99. The molecule has 0 radical (unpaired) electrons. The van der Waals surface area contributed by atoms with Crippen molar-refractivity contribution in [1.82, 2.24) is 5.32 Å². The molecule has 1 saturated carbocycles. The van der Waals surface area contributed by atoms with Gasteiger partial charge in [0.05, 0.1) is 18.6 Å². The van der Waals surface area contributed by atoms with E-state index in [9.17, 15) is 4.79 Å². The third-order valence-corrected chi connectivity index (χ3v) is 5.98. The Labute approximate surface area is 135 Å². The summed E-state index contributed by atoms with van der Waals surface area (Å²) < 4.78 is 4.78. The second-order valence-corrected chi connectivity index (χ2v) is 7.17. The van der Waals surface area contributed by atoms with Crippen LogP contribution in [0.2, 0.25) is 5.02 Å². The van der Waals surface area contributed by atoms with Gasteiger partial charge in [-0.1, -0.05) is 17.7 Å². The molecule has 0 aromatic heterocycles. The first-order valence-electron chi connectivity index (χ1n) is 7.16. The van der Waals surface area contributed by atoms with E-state index in [2.05, 4.69) is 24.4 Å². The van der Waals surface area contributed by atoms with Crippen molar-refractivity contribution in [3.05, 3.63) is 28.8 Å². The van der Waals surface area contributed by atoms with Crippen LogP contribution in [0.25, 0.3) is 0 Å². The minimum absolute atomic E-state index is 0.114. The molecule has 2 rings (SSSR count). The Morgan fingerprint density at radius 3 is 2.76 bits per heavy atom. The van der Waals surface area contributed by atoms with Crippen LogP contribution in [-0.4, -0.2) is 25.9 Å². The fourth-order valence-corrected chi connectivity index (χ4v) is 3.79. The molecule has 21 heavy (non-hydrogen) atoms. The molecule has 3 nitrogen and oxygen atoms in total. The van der Waals surface area contributed by atoms with Crippen LogP contribution in [0.3, 0.4) is 0 Å². The molecule has 1 N–H and O–H groups in total. The number of carbonyl (C=O) groups is 1. The third-order valence-electron chi connectivity index (χ3n) is 4.13. The number of rotatable bonds is 7. The Morgan fingerprint density at radius 2 is 2.24 bits per heavy atom. The van der Waals surface area contributed by atoms with Crippen molar-refractivity contribution in [2.75, 3.05) is 19.9 Å². The van der Waals surface area contributed by atoms with Gasteiger partial charge in [-0.05, 0) is 49.9 Å². The van der Waals surface area contributed by atoms with Crippen LogP contribution in [0.4, 0.5) is 0 Å². The van der Waals surface area contributed by atoms with E-state index >= 15 is 0 Å². The predicted molar refractivity (Wildman–Crippen MR) is 88.0 cm³/mol. The van der Waals surface area contributed by atoms with Crippen LogP contribution in [0, 0.1) is 5.41 Å². The summed E-state index contributed by atoms with van der Waals surface area (Å²) in [5.74, 6) is 0.806. The second-order valence-electron chi connectivity index (χ2n) is 5.74. The highest BCUT2D eigenvalue weighted by atomic mass is 35.5. The van der Waals surface area contributed by atoms with Crippen LogP contribution >= 0.6 is 23.4 Å². The summed E-state index contributed by atoms with van der Waals surface area (Å²) in [4.78, 5) is 12.5. The molecule has 1 aromatic rings. The molecule has 0 aliphatic heterocycles. The van der Waals surface area contributed by atoms with Crippen LogP contribution < -0.4 is 5.32 Å². The van der Waals surface area contributed by atoms with E-state index < -0.39 is 0 Å². The smallest absolute Gasteiger partial charge is 0.306 e. The Bertz CT molecular complexity index is 517. The minimum atomic E-state index is -0.114. The summed E-state index contributed by atoms with van der Waals surface area (Å²) in [5.41, 5.74) is 1.31. The van der Waals surface area contributed by atoms with Gasteiger partial charge in [0.25, 0.3) is 0 Å². The highest BCUT2D eigenvalue weighted by molar-refractivity contribution is 7.99. The molecule has 116 valence electrons. The van der Waals surface area contributed by atoms with Gasteiger partial charge in [-0.15, -0.1) is 11.8 Å². The summed E-state index contributed by atoms with van der Waals surface area (Å²) in [5, 5.41) is 3.99. The number of hydrogen-bond donors (Lipinski definition) is 1. The third kappa shape index (κ3) is 4.38. The van der Waals surface area contributed by atoms with Gasteiger partial charge < -0.3 is 10.1 Å². The van der Waals surface area contributed by atoms with Crippen LogP contribution in [0.1, 0.15) is 37.8 Å². The zero-order valence-corrected chi connectivity index (χ0v) is 14.3. The summed E-state index contributed by atoms with van der Waals surface area (Å²) in [6, 6.07) is 6.49. The van der Waals surface area contributed by atoms with E-state index in [0.717, 1.165) is 28.5 Å². The maximum absolute atomic E-state index is 11.4. The molecule has 0 bridgehead atoms. The Hall–Kier alpha value is -0.710. The number of esters is 1. The lowest BCUT2D eigenvalue weighted by molar-refractivity contribution is -0.141. The number of thioether (sulfide) groups is 1. The Kier molecular flexibility index (Phi) is 5.58. The number of carbonyl (C=O) groups excluding carboxylic acids is 1. The number of methoxy groups -OCH3 is 1. The van der Waals surface area contributed by atoms with Gasteiger partial charge >= 0.3 is 5.97 Å². The quantitative estimate of drug-likeness (QED) is 0.605. The van der Waals surface area contributed by atoms with E-state index in [1.807, 2.05) is 13.1 Å². The van der Waals surface area contributed by atoms with Gasteiger partial charge in [-0.25, -0.2) is 0 Å². The average Bonchev–Trinajstić information content (AvgIpc) is 3.24. The highest BCUT2D eigenvalue weighted by Gasteiger charge is 2.44. The predicted octanol–water partition coefficient (Wildman–Crippen LogP) is 4.06. The molecule has 0 spiro atoms. The number of halogens is 1. The molecule has 5 heteroatoms. The molecule has 1 aliphatic rings. The molecule has 1 fully saturated rings. The Balaban J connectivity index is 1.96. The van der Waals surface area contributed by atoms with Gasteiger partial charge in [0, 0.05) is 16.7 Å². The fraction of sp³-hybridized carbons (Fsp3) is 0.562. The Morgan fingerprint density at radius 1 is 1.52 bits per heavy atom. The topological polar surface area (TPSA) is 38.3 Å². The normalized spacial score (nSPS) is 17.3. The summed E-state index contributed by atoms with van der Waals surface area (Å²) in [7, 11) is 3.38. The van der Waals surface area contributed by atoms with Crippen LogP contribution in [0.15, 0.2) is 23.1 Å². The summed E-state index contributed by atoms with van der Waals surface area (Å²) >= 11 is 8.11. The van der Waals surface area contributed by atoms with Crippen molar-refractivity contribution in [3.63, 3.8) is 0 Å². The molecular formula is C16H22ClNO2S. The molecule has 0 heterocycles. The van der Waals surface area contributed by atoms with Gasteiger partial charge in [-0.3, -0.25) is 4.79 Å². The average molecular weight is 328 g/mol. The molecule has 1 atom stereocenters. The van der Waals surface area contributed by atoms with Crippen molar-refractivity contribution in [2.24, 2.45) is 5.41 Å². The van der Waals surface area contributed by atoms with Crippen molar-refractivity contribution in [2.45, 2.75) is 37.1 Å². The van der Waals surface area contributed by atoms with E-state index in [0.29, 0.717) is 6.42 Å². The highest BCUT2D eigenvalue weighted by Crippen LogP contribution is 2.52. The number of hydrogen-bond acceptors (Lipinski definition) is 4. The largest absolute Gasteiger partial charge is 0.469 e. The maximum atomic E-state index is 11.4. The maximum Gasteiger partial charge on any atom is 0.306 e. The number of nitrogens with one attached hydrogen (secondary N) is 1. The zero-order valence-electron chi connectivity index (χ0n) is 12.7. The van der Waals surface area contributed by atoms with Crippen molar-refractivity contribution in [3.8, 4) is 0 Å². The second kappa shape index (κ2) is 7.03. The van der Waals surface area contributed by atoms with Crippen molar-refractivity contribution in [1.29, 1.82) is 0 Å². The van der Waals surface area contributed by atoms with E-state index in [1.165, 1.54) is 12.7 Å². The summed E-state index contributed by atoms with van der Waals surface area (Å²) in [6.45, 7) is 2.11. The lowest BCUT2D eigenvalue weighted by Crippen LogP contribution is -2.13. The van der Waals surface area contributed by atoms with Gasteiger partial charge in [0.1, 0.15) is 0 Å². The number of ether oxygens (including phenoxy) is 1. The molecule has 0 saturated heterocycles. The van der Waals surface area contributed by atoms with Gasteiger partial charge in [0.2, 0.25) is 0 Å². The summed E-state index contributed by atoms with van der Waals surface area (Å²) in [6.07, 6.45) is 2.71. The molecular weight excluding hydrogens is 306 g/mol. The monoisotopic (exact) mass is 327 g/mol. The SMILES string of the molecule is CNC(C)c1ccc(SCC2(CC(=O)OC)CC2)c(Cl)c1. The molecule has 1 aromatic carbocycles. The lowest BCUT2D eigenvalue weighted by Gasteiger charge is -2.15. The lowest BCUT2D eigenvalue weighted by atomic mass is 10.1. The molecule has 1 aliphatic carbocycles. The van der Waals surface area contributed by atoms with E-state index in [1.54, 1.807) is 11.8 Å². The molecule has 1 unspecified atom stereocenters. The van der Waals surface area contributed by atoms with E-state index in [4.69, 9.17) is 16.3 Å². The first-order valence-corrected chi connectivity index (χ1v) is 8.52. The molecule has 0 amide bonds.